The summed E-state index contributed by atoms with van der Waals surface area (Å²) in [6.07, 6.45) is 0. The second-order valence-electron chi connectivity index (χ2n) is 3.86. The van der Waals surface area contributed by atoms with Crippen LogP contribution in [-0.2, 0) is 9.53 Å². The fourth-order valence-electron chi connectivity index (χ4n) is 1.40. The maximum atomic E-state index is 13.4. The number of urea groups is 1. The van der Waals surface area contributed by atoms with Crippen molar-refractivity contribution in [3.8, 4) is 0 Å². The van der Waals surface area contributed by atoms with Gasteiger partial charge in [0, 0.05) is 19.7 Å². The Bertz CT molecular complexity index is 496. The highest BCUT2D eigenvalue weighted by Crippen LogP contribution is 2.15. The molecule has 0 aromatic heterocycles. The zero-order valence-electron chi connectivity index (χ0n) is 10.7. The first-order valence-corrected chi connectivity index (χ1v) is 5.65. The lowest BCUT2D eigenvalue weighted by atomic mass is 10.3. The van der Waals surface area contributed by atoms with Gasteiger partial charge in [0.25, 0.3) is 0 Å². The van der Waals surface area contributed by atoms with Gasteiger partial charge in [0.15, 0.2) is 0 Å². The molecular weight excluding hydrogens is 274 g/mol. The Morgan fingerprint density at radius 2 is 2.10 bits per heavy atom. The third-order valence-electron chi connectivity index (χ3n) is 2.35. The molecule has 0 heterocycles. The number of carboxylic acids is 1. The smallest absolute Gasteiger partial charge is 0.323 e. The van der Waals surface area contributed by atoms with Crippen molar-refractivity contribution in [2.24, 2.45) is 0 Å². The van der Waals surface area contributed by atoms with Gasteiger partial charge in [-0.25, -0.2) is 13.6 Å². The van der Waals surface area contributed by atoms with Crippen LogP contribution in [-0.4, -0.2) is 48.8 Å². The van der Waals surface area contributed by atoms with Crippen LogP contribution in [0, 0.1) is 11.6 Å². The minimum atomic E-state index is -1.23. The highest BCUT2D eigenvalue weighted by molar-refractivity contribution is 5.91. The van der Waals surface area contributed by atoms with E-state index in [1.807, 2.05) is 0 Å². The summed E-state index contributed by atoms with van der Waals surface area (Å²) in [5.74, 6) is -2.76. The molecule has 2 N–H and O–H groups in total. The number of hydrogen-bond donors (Lipinski definition) is 2. The number of nitrogens with one attached hydrogen (secondary N) is 1. The first kappa shape index (κ1) is 15.8. The van der Waals surface area contributed by atoms with Gasteiger partial charge in [-0.2, -0.15) is 0 Å². The molecule has 1 aromatic rings. The molecule has 1 rings (SSSR count). The van der Waals surface area contributed by atoms with Crippen LogP contribution in [0.2, 0.25) is 0 Å². The average Bonchev–Trinajstić information content (AvgIpc) is 2.38. The summed E-state index contributed by atoms with van der Waals surface area (Å²) < 4.78 is 31.1. The Morgan fingerprint density at radius 1 is 1.40 bits per heavy atom. The van der Waals surface area contributed by atoms with E-state index in [4.69, 9.17) is 9.84 Å². The van der Waals surface area contributed by atoms with Gasteiger partial charge in [-0.15, -0.1) is 0 Å². The van der Waals surface area contributed by atoms with Gasteiger partial charge in [0.05, 0.1) is 12.3 Å². The van der Waals surface area contributed by atoms with Crippen LogP contribution in [0.5, 0.6) is 0 Å². The number of halogens is 2. The molecule has 6 nitrogen and oxygen atoms in total. The number of amides is 2. The van der Waals surface area contributed by atoms with Gasteiger partial charge in [-0.05, 0) is 12.1 Å². The van der Waals surface area contributed by atoms with Crippen LogP contribution in [0.15, 0.2) is 18.2 Å². The van der Waals surface area contributed by atoms with Crippen LogP contribution in [0.4, 0.5) is 19.3 Å². The molecule has 110 valence electrons. The summed E-state index contributed by atoms with van der Waals surface area (Å²) in [6, 6.07) is 1.73. The molecule has 0 saturated heterocycles. The Hall–Kier alpha value is -2.22. The topological polar surface area (TPSA) is 78.9 Å². The van der Waals surface area contributed by atoms with Crippen LogP contribution >= 0.6 is 0 Å². The van der Waals surface area contributed by atoms with Gasteiger partial charge in [0.1, 0.15) is 18.2 Å². The number of hydrogen-bond acceptors (Lipinski definition) is 3. The predicted octanol–water partition coefficient (Wildman–Crippen LogP) is 1.53. The molecule has 2 amide bonds. The third kappa shape index (κ3) is 4.81. The Kier molecular flexibility index (Phi) is 5.85. The molecule has 0 bridgehead atoms. The van der Waals surface area contributed by atoms with Gasteiger partial charge in [-0.3, -0.25) is 4.79 Å². The lowest BCUT2D eigenvalue weighted by Gasteiger charge is -2.20. The van der Waals surface area contributed by atoms with Gasteiger partial charge >= 0.3 is 12.0 Å². The molecule has 8 heteroatoms. The molecule has 0 aliphatic rings. The first-order valence-electron chi connectivity index (χ1n) is 5.65. The molecule has 0 unspecified atom stereocenters. The number of rotatable bonds is 6. The van der Waals surface area contributed by atoms with Gasteiger partial charge in [-0.1, -0.05) is 0 Å². The average molecular weight is 288 g/mol. The maximum Gasteiger partial charge on any atom is 0.323 e. The molecule has 20 heavy (non-hydrogen) atoms. The van der Waals surface area contributed by atoms with Crippen molar-refractivity contribution in [1.29, 1.82) is 0 Å². The van der Waals surface area contributed by atoms with Crippen molar-refractivity contribution >= 4 is 17.7 Å². The first-order chi connectivity index (χ1) is 9.43. The minimum absolute atomic E-state index is 0.00552. The summed E-state index contributed by atoms with van der Waals surface area (Å²) in [5.41, 5.74) is -0.359. The standard InChI is InChI=1S/C12H14F2N2O4/c1-20-5-4-16(7-11(17)18)12(19)15-10-6-8(13)2-3-9(10)14/h2-3,6H,4-5,7H2,1H3,(H,15,19)(H,17,18). The van der Waals surface area contributed by atoms with Crippen molar-refractivity contribution in [2.45, 2.75) is 0 Å². The number of ether oxygens (including phenoxy) is 1. The summed E-state index contributed by atoms with van der Waals surface area (Å²) in [5, 5.41) is 10.8. The van der Waals surface area contributed by atoms with E-state index in [-0.39, 0.29) is 18.8 Å². The zero-order chi connectivity index (χ0) is 15.1. The molecule has 0 aliphatic carbocycles. The molecule has 0 aliphatic heterocycles. The van der Waals surface area contributed by atoms with E-state index < -0.39 is 30.2 Å². The zero-order valence-corrected chi connectivity index (χ0v) is 10.7. The Balaban J connectivity index is 2.78. The number of carboxylic acid groups (broad SMARTS) is 1. The van der Waals surface area contributed by atoms with Crippen LogP contribution < -0.4 is 5.32 Å². The van der Waals surface area contributed by atoms with Crippen LogP contribution in [0.25, 0.3) is 0 Å². The number of benzene rings is 1. The number of methoxy groups -OCH3 is 1. The van der Waals surface area contributed by atoms with E-state index >= 15 is 0 Å². The van der Waals surface area contributed by atoms with Crippen molar-refractivity contribution in [2.75, 3.05) is 32.1 Å². The fraction of sp³-hybridized carbons (Fsp3) is 0.333. The normalized spacial score (nSPS) is 10.2. The summed E-state index contributed by atoms with van der Waals surface area (Å²) in [6.45, 7) is -0.454. The Labute approximate surface area is 113 Å². The highest BCUT2D eigenvalue weighted by atomic mass is 19.1. The molecule has 0 radical (unpaired) electrons. The quantitative estimate of drug-likeness (QED) is 0.832. The number of nitrogens with zero attached hydrogens (tertiary/aromatic N) is 1. The van der Waals surface area contributed by atoms with E-state index in [1.54, 1.807) is 0 Å². The summed E-state index contributed by atoms with van der Waals surface area (Å²) in [7, 11) is 1.39. The summed E-state index contributed by atoms with van der Waals surface area (Å²) >= 11 is 0. The van der Waals surface area contributed by atoms with E-state index in [2.05, 4.69) is 5.32 Å². The second-order valence-corrected chi connectivity index (χ2v) is 3.86. The van der Waals surface area contributed by atoms with Crippen molar-refractivity contribution < 1.29 is 28.2 Å². The highest BCUT2D eigenvalue weighted by Gasteiger charge is 2.18. The van der Waals surface area contributed by atoms with E-state index in [0.29, 0.717) is 0 Å². The molecule has 0 saturated carbocycles. The SMILES string of the molecule is COCCN(CC(=O)O)C(=O)Nc1cc(F)ccc1F. The third-order valence-corrected chi connectivity index (χ3v) is 2.35. The molecule has 0 spiro atoms. The lowest BCUT2D eigenvalue weighted by molar-refractivity contribution is -0.137. The van der Waals surface area contributed by atoms with E-state index in [9.17, 15) is 18.4 Å². The Morgan fingerprint density at radius 3 is 2.70 bits per heavy atom. The molecular formula is C12H14F2N2O4. The molecule has 1 aromatic carbocycles. The van der Waals surface area contributed by atoms with Crippen molar-refractivity contribution in [1.82, 2.24) is 4.90 Å². The molecule has 0 atom stereocenters. The van der Waals surface area contributed by atoms with Crippen LogP contribution in [0.3, 0.4) is 0 Å². The van der Waals surface area contributed by atoms with Gasteiger partial charge in [0.2, 0.25) is 0 Å². The van der Waals surface area contributed by atoms with Crippen molar-refractivity contribution in [3.05, 3.63) is 29.8 Å². The second kappa shape index (κ2) is 7.39. The summed E-state index contributed by atoms with van der Waals surface area (Å²) in [4.78, 5) is 23.4. The van der Waals surface area contributed by atoms with E-state index in [0.717, 1.165) is 23.1 Å². The predicted molar refractivity (Wildman–Crippen MR) is 66.5 cm³/mol. The monoisotopic (exact) mass is 288 g/mol. The van der Waals surface area contributed by atoms with Crippen LogP contribution in [0.1, 0.15) is 0 Å². The number of carbonyl (C=O) groups excluding carboxylic acids is 1. The van der Waals surface area contributed by atoms with Crippen molar-refractivity contribution in [3.63, 3.8) is 0 Å². The molecule has 0 fully saturated rings. The minimum Gasteiger partial charge on any atom is -0.480 e. The largest absolute Gasteiger partial charge is 0.480 e. The fourth-order valence-corrected chi connectivity index (χ4v) is 1.40. The number of anilines is 1. The maximum absolute atomic E-state index is 13.4. The number of aliphatic carboxylic acids is 1. The van der Waals surface area contributed by atoms with Gasteiger partial charge < -0.3 is 20.1 Å². The van der Waals surface area contributed by atoms with E-state index in [1.165, 1.54) is 7.11 Å². The lowest BCUT2D eigenvalue weighted by Crippen LogP contribution is -2.40. The number of carbonyl (C=O) groups is 2.